The molecule has 0 aromatic heterocycles. The van der Waals surface area contributed by atoms with E-state index in [9.17, 15) is 13.2 Å². The summed E-state index contributed by atoms with van der Waals surface area (Å²) in [5, 5.41) is 3.29. The minimum atomic E-state index is -3.92. The number of anilines is 1. The van der Waals surface area contributed by atoms with Crippen molar-refractivity contribution >= 4 is 33.2 Å². The summed E-state index contributed by atoms with van der Waals surface area (Å²) in [4.78, 5) is 15.3. The molecule has 3 rings (SSSR count). The lowest BCUT2D eigenvalue weighted by atomic mass is 10.00. The molecule has 6 nitrogen and oxygen atoms in total. The lowest BCUT2D eigenvalue weighted by Gasteiger charge is -2.35. The van der Waals surface area contributed by atoms with Gasteiger partial charge in [0.15, 0.2) is 0 Å². The smallest absolute Gasteiger partial charge is 0.264 e. The number of nitrogens with one attached hydrogen (secondary N) is 1. The van der Waals surface area contributed by atoms with Crippen molar-refractivity contribution in [3.05, 3.63) is 59.6 Å². The zero-order valence-corrected chi connectivity index (χ0v) is 20.1. The summed E-state index contributed by atoms with van der Waals surface area (Å²) in [6.45, 7) is 4.49. The molecule has 1 aliphatic rings. The quantitative estimate of drug-likeness (QED) is 0.518. The van der Waals surface area contributed by atoms with Gasteiger partial charge in [-0.05, 0) is 62.6 Å². The Bertz CT molecular complexity index is 985. The molecule has 0 radical (unpaired) electrons. The summed E-state index contributed by atoms with van der Waals surface area (Å²) < 4.78 is 27.7. The van der Waals surface area contributed by atoms with Gasteiger partial charge in [0.2, 0.25) is 5.91 Å². The van der Waals surface area contributed by atoms with Crippen molar-refractivity contribution in [1.29, 1.82) is 0 Å². The van der Waals surface area contributed by atoms with E-state index in [1.54, 1.807) is 42.5 Å². The molecule has 0 spiro atoms. The first-order chi connectivity index (χ1) is 15.4. The summed E-state index contributed by atoms with van der Waals surface area (Å²) in [6.07, 6.45) is 5.76. The molecular weight excluding hydrogens is 446 g/mol. The third kappa shape index (κ3) is 6.47. The first kappa shape index (κ1) is 24.6. The van der Waals surface area contributed by atoms with Crippen LogP contribution in [0.4, 0.5) is 5.69 Å². The lowest BCUT2D eigenvalue weighted by molar-refractivity contribution is -0.119. The molecule has 0 saturated carbocycles. The monoisotopic (exact) mass is 477 g/mol. The molecule has 2 aromatic rings. The summed E-state index contributed by atoms with van der Waals surface area (Å²) >= 11 is 6.09. The predicted molar refractivity (Wildman–Crippen MR) is 130 cm³/mol. The van der Waals surface area contributed by atoms with E-state index >= 15 is 0 Å². The van der Waals surface area contributed by atoms with Gasteiger partial charge < -0.3 is 10.2 Å². The number of nitrogens with zero attached hydrogens (tertiary/aromatic N) is 2. The fourth-order valence-electron chi connectivity index (χ4n) is 4.18. The highest BCUT2D eigenvalue weighted by Gasteiger charge is 2.27. The Hall–Kier alpha value is -2.09. The summed E-state index contributed by atoms with van der Waals surface area (Å²) in [6, 6.07) is 15.3. The molecule has 2 aromatic carbocycles. The van der Waals surface area contributed by atoms with Crippen molar-refractivity contribution in [2.24, 2.45) is 0 Å². The molecule has 1 unspecified atom stereocenters. The Labute approximate surface area is 196 Å². The first-order valence-electron chi connectivity index (χ1n) is 11.3. The second-order valence-corrected chi connectivity index (χ2v) is 10.4. The lowest BCUT2D eigenvalue weighted by Crippen LogP contribution is -2.43. The molecule has 8 heteroatoms. The topological polar surface area (TPSA) is 69.7 Å². The summed E-state index contributed by atoms with van der Waals surface area (Å²) in [5.41, 5.74) is 0.357. The van der Waals surface area contributed by atoms with Gasteiger partial charge in [-0.2, -0.15) is 0 Å². The van der Waals surface area contributed by atoms with Crippen LogP contribution in [0.5, 0.6) is 0 Å². The molecule has 1 heterocycles. The number of piperidine rings is 1. The van der Waals surface area contributed by atoms with Crippen LogP contribution in [0.15, 0.2) is 59.5 Å². The first-order valence-corrected chi connectivity index (χ1v) is 13.1. The van der Waals surface area contributed by atoms with E-state index in [-0.39, 0.29) is 17.3 Å². The van der Waals surface area contributed by atoms with Crippen molar-refractivity contribution in [3.63, 3.8) is 0 Å². The number of likely N-dealkylation sites (tertiary alicyclic amines) is 1. The highest BCUT2D eigenvalue weighted by atomic mass is 35.5. The van der Waals surface area contributed by atoms with Crippen LogP contribution in [0, 0.1) is 0 Å². The Morgan fingerprint density at radius 1 is 1.16 bits per heavy atom. The highest BCUT2D eigenvalue weighted by molar-refractivity contribution is 7.92. The van der Waals surface area contributed by atoms with Gasteiger partial charge in [-0.15, -0.1) is 0 Å². The Kier molecular flexibility index (Phi) is 8.96. The standard InChI is InChI=1S/C24H32ClN3O3S/c1-2-21-11-6-7-16-27(21)17-9-15-26-24(29)19-28(22-12-8-10-20(25)18-22)32(30,31)23-13-4-3-5-14-23/h3-5,8,10,12-14,18,21H,2,6-7,9,11,15-17,19H2,1H3,(H,26,29). The second kappa shape index (κ2) is 11.7. The van der Waals surface area contributed by atoms with Gasteiger partial charge in [-0.3, -0.25) is 9.10 Å². The number of sulfonamides is 1. The average molecular weight is 478 g/mol. The Morgan fingerprint density at radius 3 is 2.66 bits per heavy atom. The van der Waals surface area contributed by atoms with Gasteiger partial charge >= 0.3 is 0 Å². The molecule has 174 valence electrons. The Morgan fingerprint density at radius 2 is 1.94 bits per heavy atom. The molecule has 1 fully saturated rings. The van der Waals surface area contributed by atoms with Gasteiger partial charge in [0.05, 0.1) is 10.6 Å². The molecule has 0 bridgehead atoms. The van der Waals surface area contributed by atoms with Crippen molar-refractivity contribution in [1.82, 2.24) is 10.2 Å². The van der Waals surface area contributed by atoms with Crippen LogP contribution in [-0.2, 0) is 14.8 Å². The van der Waals surface area contributed by atoms with Crippen LogP contribution in [0.3, 0.4) is 0 Å². The van der Waals surface area contributed by atoms with Gasteiger partial charge in [0, 0.05) is 24.2 Å². The molecule has 1 aliphatic heterocycles. The van der Waals surface area contributed by atoms with Crippen molar-refractivity contribution < 1.29 is 13.2 Å². The molecule has 1 atom stereocenters. The number of amides is 1. The Balaban J connectivity index is 1.64. The van der Waals surface area contributed by atoms with E-state index in [0.29, 0.717) is 23.3 Å². The third-order valence-electron chi connectivity index (χ3n) is 5.88. The summed E-state index contributed by atoms with van der Waals surface area (Å²) in [7, 11) is -3.92. The molecule has 1 N–H and O–H groups in total. The van der Waals surface area contributed by atoms with Crippen LogP contribution < -0.4 is 9.62 Å². The SMILES string of the molecule is CCC1CCCCN1CCCNC(=O)CN(c1cccc(Cl)c1)S(=O)(=O)c1ccccc1. The zero-order valence-electron chi connectivity index (χ0n) is 18.5. The number of halogens is 1. The fraction of sp³-hybridized carbons (Fsp3) is 0.458. The van der Waals surface area contributed by atoms with Crippen LogP contribution in [-0.4, -0.2) is 51.4 Å². The van der Waals surface area contributed by atoms with Gasteiger partial charge in [-0.25, -0.2) is 8.42 Å². The zero-order chi connectivity index (χ0) is 23.0. The van der Waals surface area contributed by atoms with Gasteiger partial charge in [-0.1, -0.05) is 49.2 Å². The highest BCUT2D eigenvalue weighted by Crippen LogP contribution is 2.26. The molecule has 32 heavy (non-hydrogen) atoms. The number of hydrogen-bond acceptors (Lipinski definition) is 4. The van der Waals surface area contributed by atoms with E-state index < -0.39 is 10.0 Å². The van der Waals surface area contributed by atoms with Crippen LogP contribution in [0.2, 0.25) is 5.02 Å². The van der Waals surface area contributed by atoms with Crippen molar-refractivity contribution in [3.8, 4) is 0 Å². The van der Waals surface area contributed by atoms with Gasteiger partial charge in [0.1, 0.15) is 6.54 Å². The van der Waals surface area contributed by atoms with E-state index in [1.807, 2.05) is 0 Å². The van der Waals surface area contributed by atoms with E-state index in [1.165, 1.54) is 31.4 Å². The average Bonchev–Trinajstić information content (AvgIpc) is 2.81. The maximum atomic E-state index is 13.3. The minimum Gasteiger partial charge on any atom is -0.354 e. The predicted octanol–water partition coefficient (Wildman–Crippen LogP) is 4.31. The molecule has 1 amide bonds. The van der Waals surface area contributed by atoms with Crippen molar-refractivity contribution in [2.75, 3.05) is 30.5 Å². The largest absolute Gasteiger partial charge is 0.354 e. The van der Waals surface area contributed by atoms with Gasteiger partial charge in [0.25, 0.3) is 10.0 Å². The third-order valence-corrected chi connectivity index (χ3v) is 7.90. The van der Waals surface area contributed by atoms with E-state index in [0.717, 1.165) is 30.2 Å². The number of carbonyl (C=O) groups excluding carboxylic acids is 1. The van der Waals surface area contributed by atoms with Crippen LogP contribution in [0.25, 0.3) is 0 Å². The maximum Gasteiger partial charge on any atom is 0.264 e. The minimum absolute atomic E-state index is 0.128. The van der Waals surface area contributed by atoms with Crippen molar-refractivity contribution in [2.45, 2.75) is 50.0 Å². The maximum absolute atomic E-state index is 13.3. The van der Waals surface area contributed by atoms with E-state index in [4.69, 9.17) is 11.6 Å². The van der Waals surface area contributed by atoms with Crippen LogP contribution >= 0.6 is 11.6 Å². The summed E-state index contributed by atoms with van der Waals surface area (Å²) in [5.74, 6) is -0.338. The number of carbonyl (C=O) groups is 1. The fourth-order valence-corrected chi connectivity index (χ4v) is 5.80. The molecule has 1 saturated heterocycles. The number of rotatable bonds is 10. The second-order valence-electron chi connectivity index (χ2n) is 8.10. The number of benzene rings is 2. The normalized spacial score (nSPS) is 17.1. The molecule has 0 aliphatic carbocycles. The van der Waals surface area contributed by atoms with Crippen LogP contribution in [0.1, 0.15) is 39.0 Å². The van der Waals surface area contributed by atoms with E-state index in [2.05, 4.69) is 17.1 Å². The molecular formula is C24H32ClN3O3S. The number of hydrogen-bond donors (Lipinski definition) is 1.